The van der Waals surface area contributed by atoms with Crippen molar-refractivity contribution in [1.82, 2.24) is 9.88 Å². The Balaban J connectivity index is 1.87. The van der Waals surface area contributed by atoms with Crippen LogP contribution in [-0.2, 0) is 11.2 Å². The zero-order chi connectivity index (χ0) is 17.1. The first-order valence-electron chi connectivity index (χ1n) is 8.30. The molecule has 128 valence electrons. The maximum atomic E-state index is 12.2. The molecule has 1 aromatic carbocycles. The van der Waals surface area contributed by atoms with Crippen LogP contribution >= 0.6 is 11.8 Å². The normalized spacial score (nSPS) is 12.6. The van der Waals surface area contributed by atoms with Gasteiger partial charge in [0, 0.05) is 24.5 Å². The van der Waals surface area contributed by atoms with E-state index in [4.69, 9.17) is 14.5 Å². The molecule has 0 N–H and O–H groups in total. The molecular formula is C18H22N2O3S. The lowest BCUT2D eigenvalue weighted by Gasteiger charge is -2.18. The largest absolute Gasteiger partial charge is 0.454 e. The van der Waals surface area contributed by atoms with Gasteiger partial charge in [-0.3, -0.25) is 4.79 Å². The lowest BCUT2D eigenvalue weighted by atomic mass is 10.1. The van der Waals surface area contributed by atoms with Crippen LogP contribution in [0.5, 0.6) is 11.5 Å². The molecule has 1 aliphatic rings. The number of nitrogens with zero attached hydrogens (tertiary/aromatic N) is 2. The fraction of sp³-hybridized carbons (Fsp3) is 0.444. The predicted octanol–water partition coefficient (Wildman–Crippen LogP) is 3.49. The first-order chi connectivity index (χ1) is 11.7. The maximum absolute atomic E-state index is 12.2. The molecule has 2 aromatic rings. The van der Waals surface area contributed by atoms with Crippen LogP contribution in [-0.4, -0.2) is 41.4 Å². The number of carbonyl (C=O) groups is 1. The van der Waals surface area contributed by atoms with Gasteiger partial charge in [0.15, 0.2) is 11.5 Å². The quantitative estimate of drug-likeness (QED) is 0.750. The summed E-state index contributed by atoms with van der Waals surface area (Å²) in [5.74, 6) is 2.06. The molecule has 1 amide bonds. The molecule has 1 aliphatic heterocycles. The van der Waals surface area contributed by atoms with Gasteiger partial charge in [0.05, 0.1) is 11.3 Å². The molecule has 0 radical (unpaired) electrons. The minimum atomic E-state index is 0.152. The maximum Gasteiger partial charge on any atom is 0.232 e. The third-order valence-corrected chi connectivity index (χ3v) is 5.20. The van der Waals surface area contributed by atoms with Gasteiger partial charge < -0.3 is 14.4 Å². The van der Waals surface area contributed by atoms with Crippen molar-refractivity contribution in [3.63, 3.8) is 0 Å². The zero-order valence-corrected chi connectivity index (χ0v) is 15.1. The third-order valence-electron chi connectivity index (χ3n) is 4.18. The van der Waals surface area contributed by atoms with Crippen molar-refractivity contribution >= 4 is 28.6 Å². The summed E-state index contributed by atoms with van der Waals surface area (Å²) in [7, 11) is 0. The van der Waals surface area contributed by atoms with Crippen LogP contribution in [0.15, 0.2) is 23.2 Å². The van der Waals surface area contributed by atoms with Crippen molar-refractivity contribution in [3.05, 3.63) is 23.8 Å². The SMILES string of the molecule is CCc1cc2cc3c(cc2nc1SCC(=O)N(CC)CC)OCO3. The Kier molecular flexibility index (Phi) is 5.14. The van der Waals surface area contributed by atoms with Gasteiger partial charge in [-0.2, -0.15) is 0 Å². The number of fused-ring (bicyclic) bond motifs is 2. The van der Waals surface area contributed by atoms with Crippen LogP contribution < -0.4 is 9.47 Å². The van der Waals surface area contributed by atoms with Gasteiger partial charge in [-0.1, -0.05) is 18.7 Å². The number of carbonyl (C=O) groups excluding carboxylic acids is 1. The summed E-state index contributed by atoms with van der Waals surface area (Å²) < 4.78 is 10.9. The fourth-order valence-electron chi connectivity index (χ4n) is 2.77. The minimum absolute atomic E-state index is 0.152. The third kappa shape index (κ3) is 3.29. The number of hydrogen-bond acceptors (Lipinski definition) is 5. The fourth-order valence-corrected chi connectivity index (χ4v) is 3.76. The molecule has 1 aromatic heterocycles. The molecule has 5 nitrogen and oxygen atoms in total. The van der Waals surface area contributed by atoms with Crippen molar-refractivity contribution < 1.29 is 14.3 Å². The van der Waals surface area contributed by atoms with Crippen molar-refractivity contribution in [2.24, 2.45) is 0 Å². The monoisotopic (exact) mass is 346 g/mol. The molecule has 0 unspecified atom stereocenters. The Morgan fingerprint density at radius 1 is 1.17 bits per heavy atom. The molecule has 6 heteroatoms. The topological polar surface area (TPSA) is 51.7 Å². The van der Waals surface area contributed by atoms with Crippen LogP contribution in [0, 0.1) is 0 Å². The molecule has 0 saturated heterocycles. The van der Waals surface area contributed by atoms with Gasteiger partial charge in [0.2, 0.25) is 12.7 Å². The van der Waals surface area contributed by atoms with Crippen molar-refractivity contribution in [1.29, 1.82) is 0 Å². The van der Waals surface area contributed by atoms with E-state index in [1.54, 1.807) is 0 Å². The molecule has 0 atom stereocenters. The van der Waals surface area contributed by atoms with Crippen LogP contribution in [0.1, 0.15) is 26.3 Å². The number of thioether (sulfide) groups is 1. The Labute approximate surface area is 146 Å². The van der Waals surface area contributed by atoms with Gasteiger partial charge in [-0.15, -0.1) is 0 Å². The van der Waals surface area contributed by atoms with E-state index in [1.807, 2.05) is 30.9 Å². The van der Waals surface area contributed by atoms with E-state index in [1.165, 1.54) is 11.8 Å². The Hall–Kier alpha value is -1.95. The molecular weight excluding hydrogens is 324 g/mol. The van der Waals surface area contributed by atoms with E-state index in [-0.39, 0.29) is 12.7 Å². The summed E-state index contributed by atoms with van der Waals surface area (Å²) in [6, 6.07) is 6.02. The van der Waals surface area contributed by atoms with E-state index in [2.05, 4.69) is 13.0 Å². The lowest BCUT2D eigenvalue weighted by molar-refractivity contribution is -0.127. The number of benzene rings is 1. The van der Waals surface area contributed by atoms with Crippen LogP contribution in [0.4, 0.5) is 0 Å². The predicted molar refractivity (Wildman–Crippen MR) is 95.9 cm³/mol. The van der Waals surface area contributed by atoms with E-state index in [0.717, 1.165) is 52.5 Å². The van der Waals surface area contributed by atoms with E-state index < -0.39 is 0 Å². The smallest absolute Gasteiger partial charge is 0.232 e. The molecule has 0 spiro atoms. The molecule has 0 fully saturated rings. The second-order valence-electron chi connectivity index (χ2n) is 5.56. The molecule has 24 heavy (non-hydrogen) atoms. The van der Waals surface area contributed by atoms with Gasteiger partial charge in [0.1, 0.15) is 5.03 Å². The number of rotatable bonds is 6. The van der Waals surface area contributed by atoms with Gasteiger partial charge in [-0.25, -0.2) is 4.98 Å². The lowest BCUT2D eigenvalue weighted by Crippen LogP contribution is -2.31. The van der Waals surface area contributed by atoms with Crippen molar-refractivity contribution in [2.45, 2.75) is 32.2 Å². The highest BCUT2D eigenvalue weighted by Crippen LogP contribution is 2.37. The highest BCUT2D eigenvalue weighted by atomic mass is 32.2. The van der Waals surface area contributed by atoms with Crippen LogP contribution in [0.25, 0.3) is 10.9 Å². The average Bonchev–Trinajstić information content (AvgIpc) is 3.05. The minimum Gasteiger partial charge on any atom is -0.454 e. The molecule has 2 heterocycles. The summed E-state index contributed by atoms with van der Waals surface area (Å²) in [6.45, 7) is 7.84. The number of ether oxygens (including phenoxy) is 2. The highest BCUT2D eigenvalue weighted by Gasteiger charge is 2.17. The second kappa shape index (κ2) is 7.30. The number of aryl methyl sites for hydroxylation is 1. The van der Waals surface area contributed by atoms with E-state index >= 15 is 0 Å². The zero-order valence-electron chi connectivity index (χ0n) is 14.3. The second-order valence-corrected chi connectivity index (χ2v) is 6.52. The molecule has 0 bridgehead atoms. The standard InChI is InChI=1S/C18H22N2O3S/c1-4-12-7-13-8-15-16(23-11-22-15)9-14(13)19-18(12)24-10-17(21)20(5-2)6-3/h7-9H,4-6,10-11H2,1-3H3. The summed E-state index contributed by atoms with van der Waals surface area (Å²) >= 11 is 1.51. The van der Waals surface area contributed by atoms with Crippen molar-refractivity contribution in [2.75, 3.05) is 25.6 Å². The number of aromatic nitrogens is 1. The summed E-state index contributed by atoms with van der Waals surface area (Å²) in [5, 5.41) is 1.96. The van der Waals surface area contributed by atoms with Crippen LogP contribution in [0.3, 0.4) is 0 Å². The molecule has 3 rings (SSSR count). The number of pyridine rings is 1. The van der Waals surface area contributed by atoms with Crippen LogP contribution in [0.2, 0.25) is 0 Å². The first kappa shape index (κ1) is 16.9. The number of amides is 1. The highest BCUT2D eigenvalue weighted by molar-refractivity contribution is 7.99. The summed E-state index contributed by atoms with van der Waals surface area (Å²) in [4.78, 5) is 18.8. The summed E-state index contributed by atoms with van der Waals surface area (Å²) in [6.07, 6.45) is 0.874. The Morgan fingerprint density at radius 3 is 2.54 bits per heavy atom. The Morgan fingerprint density at radius 2 is 1.88 bits per heavy atom. The average molecular weight is 346 g/mol. The van der Waals surface area contributed by atoms with Gasteiger partial charge >= 0.3 is 0 Å². The van der Waals surface area contributed by atoms with Gasteiger partial charge in [-0.05, 0) is 38.0 Å². The van der Waals surface area contributed by atoms with E-state index in [9.17, 15) is 4.79 Å². The molecule has 0 aliphatic carbocycles. The summed E-state index contributed by atoms with van der Waals surface area (Å²) in [5.41, 5.74) is 2.02. The molecule has 0 saturated carbocycles. The first-order valence-corrected chi connectivity index (χ1v) is 9.28. The Bertz CT molecular complexity index is 760. The van der Waals surface area contributed by atoms with Gasteiger partial charge in [0.25, 0.3) is 0 Å². The van der Waals surface area contributed by atoms with Crippen molar-refractivity contribution in [3.8, 4) is 11.5 Å². The van der Waals surface area contributed by atoms with E-state index in [0.29, 0.717) is 5.75 Å². The number of hydrogen-bond donors (Lipinski definition) is 0.